The first kappa shape index (κ1) is 27.3. The molecule has 1 atom stereocenters. The molecule has 7 heteroatoms. The zero-order valence-electron chi connectivity index (χ0n) is 22.5. The number of likely N-dealkylation sites (tertiary alicyclic amines) is 1. The van der Waals surface area contributed by atoms with Gasteiger partial charge in [0.2, 0.25) is 0 Å². The van der Waals surface area contributed by atoms with Crippen molar-refractivity contribution in [1.29, 1.82) is 5.26 Å². The summed E-state index contributed by atoms with van der Waals surface area (Å²) in [7, 11) is 0. The van der Waals surface area contributed by atoms with Crippen LogP contribution in [-0.2, 0) is 4.74 Å². The van der Waals surface area contributed by atoms with Gasteiger partial charge in [0.25, 0.3) is 0 Å². The number of hydrogen-bond acceptors (Lipinski definition) is 6. The van der Waals surface area contributed by atoms with Crippen LogP contribution in [0, 0.1) is 23.2 Å². The quantitative estimate of drug-likeness (QED) is 0.453. The van der Waals surface area contributed by atoms with Gasteiger partial charge in [-0.3, -0.25) is 0 Å². The third-order valence-corrected chi connectivity index (χ3v) is 6.09. The number of nitrogens with one attached hydrogen (secondary N) is 1. The van der Waals surface area contributed by atoms with Gasteiger partial charge in [0.15, 0.2) is 0 Å². The third-order valence-electron chi connectivity index (χ3n) is 6.09. The SMILES string of the molecule is CC(C)CC(C)COc1ccc(-c2ccnc(NC3CCN(C(=O)OC(C)(C)C)CC3)c2)cc1C#N. The van der Waals surface area contributed by atoms with E-state index in [1.54, 1.807) is 11.1 Å². The number of amides is 1. The molecule has 7 nitrogen and oxygen atoms in total. The first-order chi connectivity index (χ1) is 17.0. The van der Waals surface area contributed by atoms with Crippen molar-refractivity contribution in [2.75, 3.05) is 25.0 Å². The predicted molar refractivity (Wildman–Crippen MR) is 143 cm³/mol. The average molecular weight is 493 g/mol. The van der Waals surface area contributed by atoms with Gasteiger partial charge >= 0.3 is 6.09 Å². The topological polar surface area (TPSA) is 87.5 Å². The third kappa shape index (κ3) is 8.15. The molecule has 1 saturated heterocycles. The van der Waals surface area contributed by atoms with Crippen molar-refractivity contribution >= 4 is 11.9 Å². The summed E-state index contributed by atoms with van der Waals surface area (Å²) < 4.78 is 11.5. The summed E-state index contributed by atoms with van der Waals surface area (Å²) in [4.78, 5) is 18.6. The van der Waals surface area contributed by atoms with Crippen LogP contribution in [0.25, 0.3) is 11.1 Å². The Balaban J connectivity index is 1.61. The Bertz CT molecular complexity index is 1060. The molecule has 1 N–H and O–H groups in total. The lowest BCUT2D eigenvalue weighted by molar-refractivity contribution is 0.0210. The van der Waals surface area contributed by atoms with E-state index in [0.717, 1.165) is 36.2 Å². The molecule has 1 aliphatic rings. The highest BCUT2D eigenvalue weighted by Crippen LogP contribution is 2.29. The molecule has 2 heterocycles. The lowest BCUT2D eigenvalue weighted by Crippen LogP contribution is -2.44. The van der Waals surface area contributed by atoms with Crippen molar-refractivity contribution in [2.24, 2.45) is 11.8 Å². The smallest absolute Gasteiger partial charge is 0.410 e. The van der Waals surface area contributed by atoms with Crippen molar-refractivity contribution in [3.8, 4) is 22.9 Å². The first-order valence-corrected chi connectivity index (χ1v) is 12.9. The number of carbonyl (C=O) groups excluding carboxylic acids is 1. The van der Waals surface area contributed by atoms with Gasteiger partial charge in [-0.05, 0) is 87.3 Å². The van der Waals surface area contributed by atoms with E-state index >= 15 is 0 Å². The van der Waals surface area contributed by atoms with Crippen molar-refractivity contribution in [1.82, 2.24) is 9.88 Å². The normalized spacial score (nSPS) is 15.3. The summed E-state index contributed by atoms with van der Waals surface area (Å²) in [6.45, 7) is 14.1. The number of carbonyl (C=O) groups is 1. The Morgan fingerprint density at radius 2 is 1.86 bits per heavy atom. The van der Waals surface area contributed by atoms with E-state index in [-0.39, 0.29) is 12.1 Å². The van der Waals surface area contributed by atoms with E-state index < -0.39 is 5.60 Å². The van der Waals surface area contributed by atoms with E-state index in [1.807, 2.05) is 51.1 Å². The van der Waals surface area contributed by atoms with E-state index in [4.69, 9.17) is 9.47 Å². The molecule has 0 spiro atoms. The standard InChI is InChI=1S/C29H40N4O3/c1-20(2)15-21(3)19-35-26-8-7-22(16-24(26)18-30)23-9-12-31-27(17-23)32-25-10-13-33(14-11-25)28(34)36-29(4,5)6/h7-9,12,16-17,20-21,25H,10-11,13-15,19H2,1-6H3,(H,31,32). The van der Waals surface area contributed by atoms with E-state index in [0.29, 0.717) is 42.8 Å². The van der Waals surface area contributed by atoms with E-state index in [2.05, 4.69) is 37.1 Å². The highest BCUT2D eigenvalue weighted by Gasteiger charge is 2.27. The van der Waals surface area contributed by atoms with Crippen LogP contribution in [-0.4, -0.2) is 47.3 Å². The molecule has 0 aliphatic carbocycles. The number of piperidine rings is 1. The summed E-state index contributed by atoms with van der Waals surface area (Å²) in [5.41, 5.74) is 1.97. The Morgan fingerprint density at radius 3 is 2.50 bits per heavy atom. The van der Waals surface area contributed by atoms with E-state index in [1.165, 1.54) is 0 Å². The molecule has 1 unspecified atom stereocenters. The first-order valence-electron chi connectivity index (χ1n) is 12.9. The van der Waals surface area contributed by atoms with E-state index in [9.17, 15) is 10.1 Å². The minimum Gasteiger partial charge on any atom is -0.492 e. The van der Waals surface area contributed by atoms with Crippen LogP contribution in [0.15, 0.2) is 36.5 Å². The lowest BCUT2D eigenvalue weighted by Gasteiger charge is -2.33. The van der Waals surface area contributed by atoms with Crippen molar-refractivity contribution < 1.29 is 14.3 Å². The number of rotatable bonds is 8. The number of nitrogens with zero attached hydrogens (tertiary/aromatic N) is 3. The van der Waals surface area contributed by atoms with Crippen LogP contribution >= 0.6 is 0 Å². The summed E-state index contributed by atoms with van der Waals surface area (Å²) in [5, 5.41) is 13.2. The summed E-state index contributed by atoms with van der Waals surface area (Å²) in [5.74, 6) is 2.46. The fraction of sp³-hybridized carbons (Fsp3) is 0.552. The predicted octanol–water partition coefficient (Wildman–Crippen LogP) is 6.49. The maximum atomic E-state index is 12.3. The van der Waals surface area contributed by atoms with Crippen LogP contribution in [0.1, 0.15) is 66.4 Å². The fourth-order valence-corrected chi connectivity index (χ4v) is 4.46. The number of aromatic nitrogens is 1. The van der Waals surface area contributed by atoms with Crippen molar-refractivity contribution in [3.63, 3.8) is 0 Å². The molecule has 0 saturated carbocycles. The molecule has 1 aromatic heterocycles. The number of ether oxygens (including phenoxy) is 2. The second-order valence-electron chi connectivity index (χ2n) is 11.2. The Kier molecular flexibility index (Phi) is 9.19. The molecule has 3 rings (SSSR count). The van der Waals surface area contributed by atoms with Gasteiger partial charge in [0.1, 0.15) is 23.2 Å². The molecule has 36 heavy (non-hydrogen) atoms. The number of anilines is 1. The summed E-state index contributed by atoms with van der Waals surface area (Å²) in [6.07, 6.45) is 4.26. The van der Waals surface area contributed by atoms with Gasteiger partial charge in [-0.2, -0.15) is 5.26 Å². The van der Waals surface area contributed by atoms with Crippen LogP contribution in [0.5, 0.6) is 5.75 Å². The number of nitriles is 1. The summed E-state index contributed by atoms with van der Waals surface area (Å²) in [6, 6.07) is 12.2. The molecular formula is C29H40N4O3. The molecule has 1 aromatic carbocycles. The lowest BCUT2D eigenvalue weighted by atomic mass is 10.00. The Morgan fingerprint density at radius 1 is 1.17 bits per heavy atom. The highest BCUT2D eigenvalue weighted by atomic mass is 16.6. The Hall–Kier alpha value is -3.27. The number of hydrogen-bond donors (Lipinski definition) is 1. The maximum absolute atomic E-state index is 12.3. The minimum atomic E-state index is -0.488. The summed E-state index contributed by atoms with van der Waals surface area (Å²) >= 11 is 0. The van der Waals surface area contributed by atoms with Gasteiger partial charge < -0.3 is 19.7 Å². The molecule has 0 bridgehead atoms. The largest absolute Gasteiger partial charge is 0.492 e. The number of benzene rings is 1. The van der Waals surface area contributed by atoms with Gasteiger partial charge in [0, 0.05) is 25.3 Å². The van der Waals surface area contributed by atoms with Crippen molar-refractivity contribution in [3.05, 3.63) is 42.1 Å². The zero-order valence-corrected chi connectivity index (χ0v) is 22.5. The van der Waals surface area contributed by atoms with Gasteiger partial charge in [-0.15, -0.1) is 0 Å². The second kappa shape index (κ2) is 12.1. The van der Waals surface area contributed by atoms with Crippen molar-refractivity contribution in [2.45, 2.75) is 72.4 Å². The average Bonchev–Trinajstić information content (AvgIpc) is 2.81. The maximum Gasteiger partial charge on any atom is 0.410 e. The van der Waals surface area contributed by atoms with Crippen LogP contribution < -0.4 is 10.1 Å². The molecule has 2 aromatic rings. The molecule has 1 aliphatic heterocycles. The molecule has 0 radical (unpaired) electrons. The second-order valence-corrected chi connectivity index (χ2v) is 11.2. The minimum absolute atomic E-state index is 0.227. The van der Waals surface area contributed by atoms with Gasteiger partial charge in [0.05, 0.1) is 12.2 Å². The molecular weight excluding hydrogens is 452 g/mol. The highest BCUT2D eigenvalue weighted by molar-refractivity contribution is 5.70. The molecule has 194 valence electrons. The van der Waals surface area contributed by atoms with Gasteiger partial charge in [-0.1, -0.05) is 26.8 Å². The fourth-order valence-electron chi connectivity index (χ4n) is 4.46. The molecule has 1 amide bonds. The number of pyridine rings is 1. The molecule has 1 fully saturated rings. The van der Waals surface area contributed by atoms with Crippen LogP contribution in [0.3, 0.4) is 0 Å². The van der Waals surface area contributed by atoms with Crippen LogP contribution in [0.4, 0.5) is 10.6 Å². The Labute approximate surface area is 215 Å². The van der Waals surface area contributed by atoms with Crippen LogP contribution in [0.2, 0.25) is 0 Å². The zero-order chi connectivity index (χ0) is 26.3. The monoisotopic (exact) mass is 492 g/mol. The van der Waals surface area contributed by atoms with Gasteiger partial charge in [-0.25, -0.2) is 9.78 Å².